The fourth-order valence-corrected chi connectivity index (χ4v) is 3.99. The fourth-order valence-electron chi connectivity index (χ4n) is 3.28. The molecular formula is C20H24N8O3S. The molecule has 0 amide bonds. The number of nitrogens with one attached hydrogen (secondary N) is 2. The van der Waals surface area contributed by atoms with Crippen molar-refractivity contribution in [2.45, 2.75) is 4.90 Å². The maximum Gasteiger partial charge on any atom is 0.322 e. The van der Waals surface area contributed by atoms with Crippen molar-refractivity contribution < 1.29 is 13.2 Å². The number of primary sulfonamides is 1. The van der Waals surface area contributed by atoms with Crippen molar-refractivity contribution in [1.29, 1.82) is 0 Å². The summed E-state index contributed by atoms with van der Waals surface area (Å²) in [5.74, 6) is 0.589. The summed E-state index contributed by atoms with van der Waals surface area (Å²) in [5, 5.41) is 10.2. The number of hydrazine groups is 1. The molecule has 1 aromatic heterocycles. The molecule has 1 fully saturated rings. The summed E-state index contributed by atoms with van der Waals surface area (Å²) in [7, 11) is -2.56. The van der Waals surface area contributed by atoms with Crippen molar-refractivity contribution >= 4 is 33.3 Å². The highest BCUT2D eigenvalue weighted by atomic mass is 32.2. The molecule has 3 aromatic rings. The van der Waals surface area contributed by atoms with E-state index in [2.05, 4.69) is 25.7 Å². The second-order valence-corrected chi connectivity index (χ2v) is 8.51. The molecule has 1 aliphatic rings. The number of sulfonamides is 1. The normalized spacial score (nSPS) is 14.1. The number of methoxy groups -OCH3 is 1. The predicted molar refractivity (Wildman–Crippen MR) is 121 cm³/mol. The number of hydrogen-bond donors (Lipinski definition) is 3. The van der Waals surface area contributed by atoms with Gasteiger partial charge >= 0.3 is 6.01 Å². The maximum atomic E-state index is 12.3. The third kappa shape index (κ3) is 4.88. The summed E-state index contributed by atoms with van der Waals surface area (Å²) in [4.78, 5) is 15.3. The molecule has 2 heterocycles. The van der Waals surface area contributed by atoms with E-state index >= 15 is 0 Å². The minimum Gasteiger partial charge on any atom is -0.467 e. The Morgan fingerprint density at radius 3 is 2.41 bits per heavy atom. The number of nitrogens with zero attached hydrogens (tertiary/aromatic N) is 5. The molecule has 1 aliphatic heterocycles. The van der Waals surface area contributed by atoms with Crippen LogP contribution in [0.1, 0.15) is 0 Å². The monoisotopic (exact) mass is 456 g/mol. The van der Waals surface area contributed by atoms with Crippen LogP contribution in [0.2, 0.25) is 0 Å². The molecule has 2 aromatic carbocycles. The third-order valence-electron chi connectivity index (χ3n) is 4.80. The largest absolute Gasteiger partial charge is 0.467 e. The summed E-state index contributed by atoms with van der Waals surface area (Å²) in [6, 6.07) is 15.7. The van der Waals surface area contributed by atoms with Gasteiger partial charge in [0, 0.05) is 26.2 Å². The van der Waals surface area contributed by atoms with Gasteiger partial charge in [0.05, 0.1) is 18.5 Å². The highest BCUT2D eigenvalue weighted by Crippen LogP contribution is 2.31. The first kappa shape index (κ1) is 21.7. The topological polar surface area (TPSA) is 139 Å². The van der Waals surface area contributed by atoms with Gasteiger partial charge in [-0.25, -0.2) is 18.6 Å². The van der Waals surface area contributed by atoms with Crippen LogP contribution in [0.5, 0.6) is 6.01 Å². The summed E-state index contributed by atoms with van der Waals surface area (Å²) in [6.07, 6.45) is 0. The van der Waals surface area contributed by atoms with Crippen molar-refractivity contribution in [3.05, 3.63) is 54.6 Å². The van der Waals surface area contributed by atoms with Crippen molar-refractivity contribution in [3.63, 3.8) is 0 Å². The van der Waals surface area contributed by atoms with E-state index in [1.54, 1.807) is 18.2 Å². The first-order chi connectivity index (χ1) is 15.5. The van der Waals surface area contributed by atoms with Gasteiger partial charge in [-0.2, -0.15) is 15.0 Å². The molecule has 4 rings (SSSR count). The van der Waals surface area contributed by atoms with Crippen LogP contribution >= 0.6 is 0 Å². The Hall–Kier alpha value is -3.48. The number of hydrogen-bond acceptors (Lipinski definition) is 10. The van der Waals surface area contributed by atoms with Gasteiger partial charge in [-0.15, -0.1) is 0 Å². The molecule has 11 nitrogen and oxygen atoms in total. The van der Waals surface area contributed by atoms with Crippen LogP contribution in [-0.4, -0.2) is 56.7 Å². The molecular weight excluding hydrogens is 432 g/mol. The Labute approximate surface area is 186 Å². The van der Waals surface area contributed by atoms with E-state index in [0.29, 0.717) is 24.7 Å². The van der Waals surface area contributed by atoms with Gasteiger partial charge < -0.3 is 15.0 Å². The highest BCUT2D eigenvalue weighted by Gasteiger charge is 2.25. The predicted octanol–water partition coefficient (Wildman–Crippen LogP) is 1.10. The van der Waals surface area contributed by atoms with Crippen LogP contribution in [0, 0.1) is 0 Å². The zero-order valence-corrected chi connectivity index (χ0v) is 18.3. The molecule has 0 aliphatic carbocycles. The first-order valence-corrected chi connectivity index (χ1v) is 11.5. The Balaban J connectivity index is 1.86. The molecule has 0 saturated carbocycles. The van der Waals surface area contributed by atoms with Crippen molar-refractivity contribution in [3.8, 4) is 6.01 Å². The van der Waals surface area contributed by atoms with E-state index in [1.807, 2.05) is 35.2 Å². The Bertz CT molecular complexity index is 1170. The molecule has 168 valence electrons. The molecule has 0 unspecified atom stereocenters. The summed E-state index contributed by atoms with van der Waals surface area (Å²) in [5.41, 5.74) is 4.14. The quantitative estimate of drug-likeness (QED) is 0.443. The van der Waals surface area contributed by atoms with E-state index in [4.69, 9.17) is 9.88 Å². The highest BCUT2D eigenvalue weighted by molar-refractivity contribution is 7.89. The van der Waals surface area contributed by atoms with Crippen molar-refractivity contribution in [2.75, 3.05) is 48.6 Å². The van der Waals surface area contributed by atoms with Crippen LogP contribution in [-0.2, 0) is 10.0 Å². The maximum absolute atomic E-state index is 12.3. The lowest BCUT2D eigenvalue weighted by Crippen LogP contribution is -2.44. The minimum atomic E-state index is -4.03. The SMILES string of the molecule is COc1nc(N2CCNCC2)nc(N(Nc2ccccc2)c2ccccc2S(N)(=O)=O)n1. The summed E-state index contributed by atoms with van der Waals surface area (Å²) < 4.78 is 29.9. The summed E-state index contributed by atoms with van der Waals surface area (Å²) in [6.45, 7) is 3.02. The second kappa shape index (κ2) is 9.34. The van der Waals surface area contributed by atoms with E-state index < -0.39 is 10.0 Å². The van der Waals surface area contributed by atoms with Gasteiger partial charge in [0.25, 0.3) is 5.95 Å². The van der Waals surface area contributed by atoms with Gasteiger partial charge in [-0.05, 0) is 24.3 Å². The number of nitrogens with two attached hydrogens (primary N) is 1. The van der Waals surface area contributed by atoms with Crippen LogP contribution in [0.25, 0.3) is 0 Å². The third-order valence-corrected chi connectivity index (χ3v) is 5.76. The molecule has 0 bridgehead atoms. The standard InChI is InChI=1S/C20H24N8O3S/c1-31-20-24-18(27-13-11-22-12-14-27)23-19(25-20)28(26-15-7-3-2-4-8-15)16-9-5-6-10-17(16)32(21,29)30/h2-10,22,26H,11-14H2,1H3,(H2,21,29,30). The van der Waals surface area contributed by atoms with Crippen molar-refractivity contribution in [1.82, 2.24) is 20.3 Å². The minimum absolute atomic E-state index is 0.0773. The molecule has 12 heteroatoms. The molecule has 0 spiro atoms. The molecule has 32 heavy (non-hydrogen) atoms. The van der Waals surface area contributed by atoms with Crippen LogP contribution in [0.15, 0.2) is 59.5 Å². The van der Waals surface area contributed by atoms with E-state index in [0.717, 1.165) is 13.1 Å². The zero-order chi connectivity index (χ0) is 22.6. The molecule has 4 N–H and O–H groups in total. The van der Waals surface area contributed by atoms with Crippen LogP contribution in [0.4, 0.5) is 23.3 Å². The Morgan fingerprint density at radius 1 is 1.03 bits per heavy atom. The number of anilines is 4. The summed E-state index contributed by atoms with van der Waals surface area (Å²) >= 11 is 0. The van der Waals surface area contributed by atoms with E-state index in [1.165, 1.54) is 18.2 Å². The Morgan fingerprint density at radius 2 is 1.72 bits per heavy atom. The van der Waals surface area contributed by atoms with Crippen LogP contribution < -0.4 is 30.5 Å². The van der Waals surface area contributed by atoms with Gasteiger partial charge in [0.15, 0.2) is 0 Å². The van der Waals surface area contributed by atoms with E-state index in [9.17, 15) is 8.42 Å². The number of benzene rings is 2. The van der Waals surface area contributed by atoms with Gasteiger partial charge in [-0.1, -0.05) is 30.3 Å². The number of para-hydroxylation sites is 2. The average molecular weight is 457 g/mol. The molecule has 1 saturated heterocycles. The van der Waals surface area contributed by atoms with E-state index in [-0.39, 0.29) is 22.5 Å². The van der Waals surface area contributed by atoms with Crippen LogP contribution in [0.3, 0.4) is 0 Å². The van der Waals surface area contributed by atoms with Crippen molar-refractivity contribution in [2.24, 2.45) is 5.14 Å². The lowest BCUT2D eigenvalue weighted by molar-refractivity contribution is 0.378. The molecule has 0 radical (unpaired) electrons. The van der Waals surface area contributed by atoms with Gasteiger partial charge in [-0.3, -0.25) is 5.43 Å². The van der Waals surface area contributed by atoms with Gasteiger partial charge in [0.2, 0.25) is 16.0 Å². The average Bonchev–Trinajstić information content (AvgIpc) is 2.83. The smallest absolute Gasteiger partial charge is 0.322 e. The number of rotatable bonds is 7. The number of ether oxygens (including phenoxy) is 1. The lowest BCUT2D eigenvalue weighted by Gasteiger charge is -2.29. The Kier molecular flexibility index (Phi) is 6.35. The molecule has 0 atom stereocenters. The number of aromatic nitrogens is 3. The lowest BCUT2D eigenvalue weighted by atomic mass is 10.3. The number of piperazine rings is 1. The van der Waals surface area contributed by atoms with Gasteiger partial charge in [0.1, 0.15) is 4.90 Å². The second-order valence-electron chi connectivity index (χ2n) is 6.99. The zero-order valence-electron chi connectivity index (χ0n) is 17.5. The fraction of sp³-hybridized carbons (Fsp3) is 0.250. The first-order valence-electron chi connectivity index (χ1n) is 9.95.